The van der Waals surface area contributed by atoms with Gasteiger partial charge in [-0.15, -0.1) is 0 Å². The molecule has 3 aromatic rings. The summed E-state index contributed by atoms with van der Waals surface area (Å²) in [5, 5.41) is 7.33. The lowest BCUT2D eigenvalue weighted by Gasteiger charge is -2.09. The van der Waals surface area contributed by atoms with Crippen molar-refractivity contribution in [1.29, 1.82) is 0 Å². The molecule has 0 aliphatic rings. The van der Waals surface area contributed by atoms with Gasteiger partial charge in [-0.3, -0.25) is 4.79 Å². The van der Waals surface area contributed by atoms with Crippen molar-refractivity contribution in [3.05, 3.63) is 77.6 Å². The number of benzene rings is 2. The predicted octanol–water partition coefficient (Wildman–Crippen LogP) is 3.55. The molecule has 0 fully saturated rings. The van der Waals surface area contributed by atoms with Crippen LogP contribution in [0.3, 0.4) is 0 Å². The van der Waals surface area contributed by atoms with Crippen LogP contribution < -0.4 is 10.1 Å². The van der Waals surface area contributed by atoms with Gasteiger partial charge in [0.1, 0.15) is 5.75 Å². The number of ether oxygens (including phenoxy) is 1. The zero-order valence-electron chi connectivity index (χ0n) is 15.1. The molecule has 1 heterocycles. The van der Waals surface area contributed by atoms with Gasteiger partial charge in [0.05, 0.1) is 18.5 Å². The molecule has 3 rings (SSSR count). The van der Waals surface area contributed by atoms with Crippen molar-refractivity contribution in [3.8, 4) is 11.4 Å². The van der Waals surface area contributed by atoms with E-state index in [-0.39, 0.29) is 5.91 Å². The van der Waals surface area contributed by atoms with Gasteiger partial charge in [-0.05, 0) is 61.7 Å². The zero-order chi connectivity index (χ0) is 18.4. The molecule has 5 heteroatoms. The Labute approximate surface area is 153 Å². The maximum absolute atomic E-state index is 12.3. The molecule has 1 amide bonds. The molecule has 134 valence electrons. The molecule has 0 saturated carbocycles. The Bertz CT molecular complexity index is 872. The molecule has 0 aliphatic carbocycles. The fraction of sp³-hybridized carbons (Fsp3) is 0.238. The van der Waals surface area contributed by atoms with E-state index in [1.807, 2.05) is 73.4 Å². The number of amides is 1. The average molecular weight is 349 g/mol. The molecule has 1 aromatic heterocycles. The monoisotopic (exact) mass is 349 g/mol. The van der Waals surface area contributed by atoms with Crippen molar-refractivity contribution in [2.45, 2.75) is 20.3 Å². The molecular formula is C21H23N3O2. The normalized spacial score (nSPS) is 10.5. The second-order valence-electron chi connectivity index (χ2n) is 6.05. The summed E-state index contributed by atoms with van der Waals surface area (Å²) in [6.07, 6.45) is 4.55. The van der Waals surface area contributed by atoms with E-state index in [9.17, 15) is 4.79 Å². The molecule has 0 radical (unpaired) electrons. The highest BCUT2D eigenvalue weighted by molar-refractivity contribution is 5.94. The summed E-state index contributed by atoms with van der Waals surface area (Å²) in [5.41, 5.74) is 3.71. The van der Waals surface area contributed by atoms with Gasteiger partial charge in [0.25, 0.3) is 5.91 Å². The number of aromatic nitrogens is 2. The Kier molecular flexibility index (Phi) is 5.69. The molecule has 0 atom stereocenters. The van der Waals surface area contributed by atoms with E-state index in [1.165, 1.54) is 0 Å². The van der Waals surface area contributed by atoms with E-state index in [2.05, 4.69) is 10.4 Å². The molecule has 26 heavy (non-hydrogen) atoms. The van der Waals surface area contributed by atoms with E-state index >= 15 is 0 Å². The summed E-state index contributed by atoms with van der Waals surface area (Å²) in [4.78, 5) is 12.3. The van der Waals surface area contributed by atoms with Crippen LogP contribution in [-0.2, 0) is 6.42 Å². The second-order valence-corrected chi connectivity index (χ2v) is 6.05. The SMILES string of the molecule is CCOc1ccc(C(=O)NCCc2cnn(-c3ccccc3)c2)cc1C. The number of carbonyl (C=O) groups excluding carboxylic acids is 1. The first-order valence-electron chi connectivity index (χ1n) is 8.78. The van der Waals surface area contributed by atoms with E-state index < -0.39 is 0 Å². The molecule has 0 saturated heterocycles. The summed E-state index contributed by atoms with van der Waals surface area (Å²) < 4.78 is 7.35. The number of aryl methyl sites for hydroxylation is 1. The lowest BCUT2D eigenvalue weighted by atomic mass is 10.1. The van der Waals surface area contributed by atoms with Crippen LogP contribution >= 0.6 is 0 Å². The molecule has 1 N–H and O–H groups in total. The van der Waals surface area contributed by atoms with Gasteiger partial charge in [-0.25, -0.2) is 4.68 Å². The van der Waals surface area contributed by atoms with Gasteiger partial charge in [-0.2, -0.15) is 5.10 Å². The Morgan fingerprint density at radius 3 is 2.73 bits per heavy atom. The van der Waals surface area contributed by atoms with Crippen molar-refractivity contribution in [2.75, 3.05) is 13.2 Å². The summed E-state index contributed by atoms with van der Waals surface area (Å²) in [5.74, 6) is 0.740. The first-order chi connectivity index (χ1) is 12.7. The van der Waals surface area contributed by atoms with Crippen LogP contribution in [0.1, 0.15) is 28.4 Å². The Morgan fingerprint density at radius 1 is 1.19 bits per heavy atom. The molecule has 0 bridgehead atoms. The van der Waals surface area contributed by atoms with Crippen LogP contribution in [0, 0.1) is 6.92 Å². The summed E-state index contributed by atoms with van der Waals surface area (Å²) in [6.45, 7) is 5.06. The lowest BCUT2D eigenvalue weighted by molar-refractivity contribution is 0.0954. The minimum absolute atomic E-state index is 0.0772. The summed E-state index contributed by atoms with van der Waals surface area (Å²) >= 11 is 0. The average Bonchev–Trinajstić information content (AvgIpc) is 3.13. The number of para-hydroxylation sites is 1. The molecule has 0 spiro atoms. The molecule has 5 nitrogen and oxygen atoms in total. The van der Waals surface area contributed by atoms with Crippen LogP contribution in [0.25, 0.3) is 5.69 Å². The van der Waals surface area contributed by atoms with Gasteiger partial charge in [-0.1, -0.05) is 18.2 Å². The van der Waals surface area contributed by atoms with Gasteiger partial charge >= 0.3 is 0 Å². The van der Waals surface area contributed by atoms with Crippen molar-refractivity contribution in [1.82, 2.24) is 15.1 Å². The molecule has 2 aromatic carbocycles. The van der Waals surface area contributed by atoms with E-state index in [1.54, 1.807) is 6.07 Å². The number of carbonyl (C=O) groups is 1. The van der Waals surface area contributed by atoms with Gasteiger partial charge in [0, 0.05) is 18.3 Å². The number of hydrogen-bond donors (Lipinski definition) is 1. The standard InChI is InChI=1S/C21H23N3O2/c1-3-26-20-10-9-18(13-16(20)2)21(25)22-12-11-17-14-23-24(15-17)19-7-5-4-6-8-19/h4-10,13-15H,3,11-12H2,1-2H3,(H,22,25). The third-order valence-electron chi connectivity index (χ3n) is 4.09. The van der Waals surface area contributed by atoms with Crippen molar-refractivity contribution < 1.29 is 9.53 Å². The van der Waals surface area contributed by atoms with E-state index in [0.29, 0.717) is 18.7 Å². The number of nitrogens with one attached hydrogen (secondary N) is 1. The zero-order valence-corrected chi connectivity index (χ0v) is 15.1. The number of hydrogen-bond acceptors (Lipinski definition) is 3. The largest absolute Gasteiger partial charge is 0.494 e. The van der Waals surface area contributed by atoms with E-state index in [0.717, 1.165) is 29.0 Å². The first-order valence-corrected chi connectivity index (χ1v) is 8.78. The summed E-state index contributed by atoms with van der Waals surface area (Å²) in [6, 6.07) is 15.4. The predicted molar refractivity (Wildman–Crippen MR) is 102 cm³/mol. The van der Waals surface area contributed by atoms with Gasteiger partial charge in [0.15, 0.2) is 0 Å². The highest BCUT2D eigenvalue weighted by atomic mass is 16.5. The third kappa shape index (κ3) is 4.30. The van der Waals surface area contributed by atoms with Gasteiger partial charge in [0.2, 0.25) is 0 Å². The summed E-state index contributed by atoms with van der Waals surface area (Å²) in [7, 11) is 0. The van der Waals surface area contributed by atoms with Crippen molar-refractivity contribution in [3.63, 3.8) is 0 Å². The van der Waals surface area contributed by atoms with Crippen LogP contribution in [0.5, 0.6) is 5.75 Å². The molecular weight excluding hydrogens is 326 g/mol. The van der Waals surface area contributed by atoms with Gasteiger partial charge < -0.3 is 10.1 Å². The minimum Gasteiger partial charge on any atom is -0.494 e. The van der Waals surface area contributed by atoms with Crippen molar-refractivity contribution >= 4 is 5.91 Å². The first kappa shape index (κ1) is 17.7. The smallest absolute Gasteiger partial charge is 0.251 e. The maximum Gasteiger partial charge on any atom is 0.251 e. The quantitative estimate of drug-likeness (QED) is 0.710. The molecule has 0 unspecified atom stereocenters. The van der Waals surface area contributed by atoms with Crippen LogP contribution in [0.2, 0.25) is 0 Å². The highest BCUT2D eigenvalue weighted by Gasteiger charge is 2.08. The number of nitrogens with zero attached hydrogens (tertiary/aromatic N) is 2. The van der Waals surface area contributed by atoms with Crippen LogP contribution in [0.4, 0.5) is 0 Å². The maximum atomic E-state index is 12.3. The molecule has 0 aliphatic heterocycles. The topological polar surface area (TPSA) is 56.1 Å². The second kappa shape index (κ2) is 8.34. The van der Waals surface area contributed by atoms with Crippen LogP contribution in [-0.4, -0.2) is 28.8 Å². The van der Waals surface area contributed by atoms with E-state index in [4.69, 9.17) is 4.74 Å². The lowest BCUT2D eigenvalue weighted by Crippen LogP contribution is -2.25. The number of rotatable bonds is 7. The van der Waals surface area contributed by atoms with Crippen LogP contribution in [0.15, 0.2) is 60.9 Å². The third-order valence-corrected chi connectivity index (χ3v) is 4.09. The Morgan fingerprint density at radius 2 is 2.00 bits per heavy atom. The fourth-order valence-electron chi connectivity index (χ4n) is 2.74. The fourth-order valence-corrected chi connectivity index (χ4v) is 2.74. The Hall–Kier alpha value is -3.08. The Balaban J connectivity index is 1.54. The highest BCUT2D eigenvalue weighted by Crippen LogP contribution is 2.19. The minimum atomic E-state index is -0.0772. The van der Waals surface area contributed by atoms with Crippen molar-refractivity contribution in [2.24, 2.45) is 0 Å².